The summed E-state index contributed by atoms with van der Waals surface area (Å²) in [7, 11) is 0. The second-order valence-corrected chi connectivity index (χ2v) is 7.35. The zero-order valence-electron chi connectivity index (χ0n) is 15.3. The number of rotatable bonds is 4. The Bertz CT molecular complexity index is 658. The van der Waals surface area contributed by atoms with Crippen LogP contribution in [0.15, 0.2) is 18.2 Å². The van der Waals surface area contributed by atoms with Crippen molar-refractivity contribution in [2.75, 3.05) is 31.6 Å². The lowest BCUT2D eigenvalue weighted by atomic mass is 10.0. The SMILES string of the molecule is CC1CCCC(Nc2ccc(C(=O)N3CCOCC3)cc2[N+](=O)[O-])CC1. The molecule has 7 heteroatoms. The molecule has 3 rings (SSSR count). The van der Waals surface area contributed by atoms with Gasteiger partial charge in [-0.25, -0.2) is 0 Å². The number of hydrogen-bond acceptors (Lipinski definition) is 5. The number of nitrogens with one attached hydrogen (secondary N) is 1. The maximum atomic E-state index is 12.6. The minimum atomic E-state index is -0.405. The van der Waals surface area contributed by atoms with E-state index in [2.05, 4.69) is 12.2 Å². The Labute approximate surface area is 153 Å². The molecule has 1 aromatic carbocycles. The van der Waals surface area contributed by atoms with Crippen LogP contribution in [0, 0.1) is 16.0 Å². The number of carbonyl (C=O) groups excluding carboxylic acids is 1. The molecule has 1 saturated carbocycles. The molecule has 142 valence electrons. The number of morpholine rings is 1. The summed E-state index contributed by atoms with van der Waals surface area (Å²) >= 11 is 0. The molecule has 2 atom stereocenters. The highest BCUT2D eigenvalue weighted by Crippen LogP contribution is 2.30. The second-order valence-electron chi connectivity index (χ2n) is 7.35. The quantitative estimate of drug-likeness (QED) is 0.504. The van der Waals surface area contributed by atoms with Crippen LogP contribution in [0.3, 0.4) is 0 Å². The first-order valence-electron chi connectivity index (χ1n) is 9.46. The predicted molar refractivity (Wildman–Crippen MR) is 99.5 cm³/mol. The molecule has 1 aromatic rings. The van der Waals surface area contributed by atoms with Gasteiger partial charge in [0, 0.05) is 30.8 Å². The highest BCUT2D eigenvalue weighted by atomic mass is 16.6. The number of hydrogen-bond donors (Lipinski definition) is 1. The fourth-order valence-corrected chi connectivity index (χ4v) is 3.74. The third-order valence-electron chi connectivity index (χ3n) is 5.36. The summed E-state index contributed by atoms with van der Waals surface area (Å²) in [5.74, 6) is 0.538. The van der Waals surface area contributed by atoms with Crippen molar-refractivity contribution in [2.45, 2.75) is 45.1 Å². The summed E-state index contributed by atoms with van der Waals surface area (Å²) in [6.07, 6.45) is 5.54. The molecule has 1 aliphatic heterocycles. The van der Waals surface area contributed by atoms with Crippen molar-refractivity contribution in [2.24, 2.45) is 5.92 Å². The van der Waals surface area contributed by atoms with Gasteiger partial charge in [0.15, 0.2) is 0 Å². The molecular formula is C19H27N3O4. The van der Waals surface area contributed by atoms with Crippen LogP contribution in [0.1, 0.15) is 49.4 Å². The first-order chi connectivity index (χ1) is 12.5. The van der Waals surface area contributed by atoms with E-state index < -0.39 is 4.92 Å². The van der Waals surface area contributed by atoms with Crippen LogP contribution in [0.4, 0.5) is 11.4 Å². The lowest BCUT2D eigenvalue weighted by molar-refractivity contribution is -0.384. The number of nitro groups is 1. The van der Waals surface area contributed by atoms with Gasteiger partial charge < -0.3 is 15.0 Å². The summed E-state index contributed by atoms with van der Waals surface area (Å²) in [4.78, 5) is 25.4. The lowest BCUT2D eigenvalue weighted by Gasteiger charge is -2.27. The zero-order chi connectivity index (χ0) is 18.5. The highest BCUT2D eigenvalue weighted by molar-refractivity contribution is 5.95. The zero-order valence-corrected chi connectivity index (χ0v) is 15.3. The van der Waals surface area contributed by atoms with Gasteiger partial charge in [0.2, 0.25) is 0 Å². The molecule has 0 spiro atoms. The highest BCUT2D eigenvalue weighted by Gasteiger charge is 2.24. The topological polar surface area (TPSA) is 84.7 Å². The van der Waals surface area contributed by atoms with E-state index in [0.717, 1.165) is 25.7 Å². The van der Waals surface area contributed by atoms with Crippen molar-refractivity contribution in [1.29, 1.82) is 0 Å². The van der Waals surface area contributed by atoms with Gasteiger partial charge in [-0.1, -0.05) is 19.8 Å². The number of carbonyl (C=O) groups is 1. The standard InChI is InChI=1S/C19H27N3O4/c1-14-3-2-4-16(7-5-14)20-17-8-6-15(13-18(17)22(24)25)19(23)21-9-11-26-12-10-21/h6,8,13-14,16,20H,2-5,7,9-12H2,1H3. The maximum absolute atomic E-state index is 12.6. The second kappa shape index (κ2) is 8.49. The van der Waals surface area contributed by atoms with Crippen LogP contribution < -0.4 is 5.32 Å². The fourth-order valence-electron chi connectivity index (χ4n) is 3.74. The van der Waals surface area contributed by atoms with E-state index in [1.54, 1.807) is 17.0 Å². The van der Waals surface area contributed by atoms with Gasteiger partial charge in [0.05, 0.1) is 18.1 Å². The predicted octanol–water partition coefficient (Wildman–Crippen LogP) is 3.45. The smallest absolute Gasteiger partial charge is 0.293 e. The van der Waals surface area contributed by atoms with E-state index in [1.165, 1.54) is 12.5 Å². The molecule has 2 unspecified atom stereocenters. The molecule has 26 heavy (non-hydrogen) atoms. The van der Waals surface area contributed by atoms with Gasteiger partial charge in [0.25, 0.3) is 11.6 Å². The summed E-state index contributed by atoms with van der Waals surface area (Å²) in [6, 6.07) is 5.02. The molecule has 1 amide bonds. The Morgan fingerprint density at radius 1 is 1.23 bits per heavy atom. The van der Waals surface area contributed by atoms with Crippen molar-refractivity contribution in [1.82, 2.24) is 4.90 Å². The molecule has 0 bridgehead atoms. The Hall–Kier alpha value is -2.15. The van der Waals surface area contributed by atoms with Crippen LogP contribution in [0.5, 0.6) is 0 Å². The van der Waals surface area contributed by atoms with E-state index in [4.69, 9.17) is 4.74 Å². The van der Waals surface area contributed by atoms with Crippen molar-refractivity contribution in [3.63, 3.8) is 0 Å². The van der Waals surface area contributed by atoms with Gasteiger partial charge in [-0.15, -0.1) is 0 Å². The Morgan fingerprint density at radius 2 is 2.00 bits per heavy atom. The molecule has 7 nitrogen and oxygen atoms in total. The summed E-state index contributed by atoms with van der Waals surface area (Å²) < 4.78 is 5.26. The molecule has 1 N–H and O–H groups in total. The van der Waals surface area contributed by atoms with Crippen LogP contribution >= 0.6 is 0 Å². The largest absolute Gasteiger partial charge is 0.378 e. The van der Waals surface area contributed by atoms with E-state index >= 15 is 0 Å². The van der Waals surface area contributed by atoms with Gasteiger partial charge in [-0.3, -0.25) is 14.9 Å². The summed E-state index contributed by atoms with van der Waals surface area (Å²) in [6.45, 7) is 4.32. The van der Waals surface area contributed by atoms with Crippen LogP contribution in [0.25, 0.3) is 0 Å². The average Bonchev–Trinajstić information content (AvgIpc) is 2.86. The normalized spacial score (nSPS) is 24.0. The molecule has 2 aliphatic rings. The van der Waals surface area contributed by atoms with Crippen LogP contribution in [0.2, 0.25) is 0 Å². The molecule has 2 fully saturated rings. The van der Waals surface area contributed by atoms with Gasteiger partial charge >= 0.3 is 0 Å². The third-order valence-corrected chi connectivity index (χ3v) is 5.36. The molecular weight excluding hydrogens is 334 g/mol. The molecule has 0 aromatic heterocycles. The van der Waals surface area contributed by atoms with E-state index in [0.29, 0.717) is 43.5 Å². The maximum Gasteiger partial charge on any atom is 0.293 e. The number of amides is 1. The van der Waals surface area contributed by atoms with E-state index in [-0.39, 0.29) is 17.6 Å². The third kappa shape index (κ3) is 4.52. The van der Waals surface area contributed by atoms with Crippen molar-refractivity contribution in [3.8, 4) is 0 Å². The number of anilines is 1. The fraction of sp³-hybridized carbons (Fsp3) is 0.632. The Kier molecular flexibility index (Phi) is 6.08. The molecule has 1 saturated heterocycles. The summed E-state index contributed by atoms with van der Waals surface area (Å²) in [5.41, 5.74) is 0.841. The van der Waals surface area contributed by atoms with Crippen LogP contribution in [-0.2, 0) is 4.74 Å². The van der Waals surface area contributed by atoms with Crippen LogP contribution in [-0.4, -0.2) is 48.1 Å². The van der Waals surface area contributed by atoms with E-state index in [9.17, 15) is 14.9 Å². The summed E-state index contributed by atoms with van der Waals surface area (Å²) in [5, 5.41) is 14.9. The van der Waals surface area contributed by atoms with E-state index in [1.807, 2.05) is 0 Å². The molecule has 0 radical (unpaired) electrons. The molecule has 1 heterocycles. The van der Waals surface area contributed by atoms with Crippen molar-refractivity contribution >= 4 is 17.3 Å². The lowest BCUT2D eigenvalue weighted by Crippen LogP contribution is -2.40. The van der Waals surface area contributed by atoms with Gasteiger partial charge in [-0.2, -0.15) is 0 Å². The van der Waals surface area contributed by atoms with Crippen molar-refractivity contribution < 1.29 is 14.5 Å². The number of benzene rings is 1. The number of ether oxygens (including phenoxy) is 1. The first-order valence-corrected chi connectivity index (χ1v) is 9.46. The van der Waals surface area contributed by atoms with Gasteiger partial charge in [0.1, 0.15) is 5.69 Å². The Morgan fingerprint density at radius 3 is 2.73 bits per heavy atom. The van der Waals surface area contributed by atoms with Crippen molar-refractivity contribution in [3.05, 3.63) is 33.9 Å². The minimum absolute atomic E-state index is 0.0265. The average molecular weight is 361 g/mol. The molecule has 1 aliphatic carbocycles. The first kappa shape index (κ1) is 18.6. The number of nitro benzene ring substituents is 1. The monoisotopic (exact) mass is 361 g/mol. The minimum Gasteiger partial charge on any atom is -0.378 e. The Balaban J connectivity index is 1.76. The van der Waals surface area contributed by atoms with Gasteiger partial charge in [-0.05, 0) is 37.3 Å². The number of nitrogens with zero attached hydrogens (tertiary/aromatic N) is 2.